The van der Waals surface area contributed by atoms with E-state index in [2.05, 4.69) is 50.6 Å². The Kier molecular flexibility index (Phi) is 8.14. The van der Waals surface area contributed by atoms with Crippen LogP contribution in [-0.2, 0) is 10.0 Å². The van der Waals surface area contributed by atoms with Crippen LogP contribution < -0.4 is 4.83 Å². The van der Waals surface area contributed by atoms with Gasteiger partial charge < -0.3 is 0 Å². The van der Waals surface area contributed by atoms with Gasteiger partial charge >= 0.3 is 0 Å². The van der Waals surface area contributed by atoms with E-state index in [-0.39, 0.29) is 10.3 Å². The molecule has 0 aliphatic heterocycles. The zero-order chi connectivity index (χ0) is 28.0. The van der Waals surface area contributed by atoms with Gasteiger partial charge in [0.2, 0.25) is 0 Å². The first-order chi connectivity index (χ1) is 18.4. The SMILES string of the molecule is Cc1ccc(S(=O)(=O)N/N=C2\C=C3CC[C@H]4[C@@H]5CC[C@H]([C@@H](C)CCCC(C)C)[C@@]5(C)CC[C@@H]4[C@@]3(C)CC2)cc1. The van der Waals surface area contributed by atoms with Crippen molar-refractivity contribution in [3.8, 4) is 0 Å². The Balaban J connectivity index is 1.28. The summed E-state index contributed by atoms with van der Waals surface area (Å²) in [5.41, 5.74) is 4.20. The molecule has 0 aromatic heterocycles. The van der Waals surface area contributed by atoms with Crippen molar-refractivity contribution >= 4 is 15.7 Å². The molecule has 0 amide bonds. The highest BCUT2D eigenvalue weighted by molar-refractivity contribution is 7.89. The predicted octanol–water partition coefficient (Wildman–Crippen LogP) is 8.67. The average Bonchev–Trinajstić information content (AvgIpc) is 3.25. The van der Waals surface area contributed by atoms with Crippen LogP contribution in [-0.4, -0.2) is 14.1 Å². The molecule has 0 bridgehead atoms. The number of nitrogens with one attached hydrogen (secondary N) is 1. The minimum Gasteiger partial charge on any atom is -0.200 e. The highest BCUT2D eigenvalue weighted by Gasteiger charge is 2.59. The molecule has 0 spiro atoms. The number of allylic oxidation sites excluding steroid dienone is 2. The maximum Gasteiger partial charge on any atom is 0.276 e. The van der Waals surface area contributed by atoms with Crippen molar-refractivity contribution in [1.29, 1.82) is 0 Å². The maximum absolute atomic E-state index is 12.8. The molecule has 5 rings (SSSR count). The molecule has 4 aliphatic rings. The number of hydrogen-bond acceptors (Lipinski definition) is 3. The Morgan fingerprint density at radius 2 is 1.69 bits per heavy atom. The van der Waals surface area contributed by atoms with E-state index in [4.69, 9.17) is 0 Å². The maximum atomic E-state index is 12.8. The van der Waals surface area contributed by atoms with Gasteiger partial charge in [-0.1, -0.05) is 77.2 Å². The summed E-state index contributed by atoms with van der Waals surface area (Å²) in [7, 11) is -3.65. The Labute approximate surface area is 238 Å². The molecule has 4 nitrogen and oxygen atoms in total. The van der Waals surface area contributed by atoms with Crippen LogP contribution in [0.25, 0.3) is 0 Å². The summed E-state index contributed by atoms with van der Waals surface area (Å²) >= 11 is 0. The van der Waals surface area contributed by atoms with Crippen LogP contribution in [0.2, 0.25) is 0 Å². The molecular weight excluding hydrogens is 500 g/mol. The molecule has 0 radical (unpaired) electrons. The van der Waals surface area contributed by atoms with Crippen LogP contribution in [0.3, 0.4) is 0 Å². The van der Waals surface area contributed by atoms with E-state index in [1.165, 1.54) is 56.9 Å². The van der Waals surface area contributed by atoms with Gasteiger partial charge in [0.05, 0.1) is 10.6 Å². The second-order valence-electron chi connectivity index (χ2n) is 14.5. The number of sulfonamides is 1. The van der Waals surface area contributed by atoms with Crippen molar-refractivity contribution in [3.63, 3.8) is 0 Å². The van der Waals surface area contributed by atoms with E-state index in [0.29, 0.717) is 5.41 Å². The van der Waals surface area contributed by atoms with Gasteiger partial charge in [0.1, 0.15) is 0 Å². The number of benzene rings is 1. The molecule has 5 heteroatoms. The second kappa shape index (κ2) is 11.0. The zero-order valence-corrected chi connectivity index (χ0v) is 26.1. The molecule has 1 N–H and O–H groups in total. The second-order valence-corrected chi connectivity index (χ2v) is 16.2. The van der Waals surface area contributed by atoms with Crippen molar-refractivity contribution in [2.45, 2.75) is 117 Å². The number of fused-ring (bicyclic) bond motifs is 5. The van der Waals surface area contributed by atoms with Crippen LogP contribution in [0, 0.1) is 53.3 Å². The highest BCUT2D eigenvalue weighted by atomic mass is 32.2. The summed E-state index contributed by atoms with van der Waals surface area (Å²) < 4.78 is 25.6. The average molecular weight is 553 g/mol. The van der Waals surface area contributed by atoms with E-state index in [1.807, 2.05) is 19.1 Å². The molecular formula is C34H52N2O2S. The van der Waals surface area contributed by atoms with E-state index in [1.54, 1.807) is 12.1 Å². The third-order valence-corrected chi connectivity index (χ3v) is 13.0. The Hall–Kier alpha value is -1.62. The van der Waals surface area contributed by atoms with Crippen LogP contribution in [0.15, 0.2) is 45.9 Å². The van der Waals surface area contributed by atoms with Crippen LogP contribution in [0.4, 0.5) is 0 Å². The first-order valence-corrected chi connectivity index (χ1v) is 17.3. The summed E-state index contributed by atoms with van der Waals surface area (Å²) in [6.45, 7) is 14.4. The van der Waals surface area contributed by atoms with Crippen molar-refractivity contribution < 1.29 is 8.42 Å². The fourth-order valence-corrected chi connectivity index (χ4v) is 10.4. The number of hydrogen-bond donors (Lipinski definition) is 1. The molecule has 3 fully saturated rings. The third-order valence-electron chi connectivity index (χ3n) is 11.8. The fraction of sp³-hybridized carbons (Fsp3) is 0.735. The summed E-state index contributed by atoms with van der Waals surface area (Å²) in [6.07, 6.45) is 16.4. The quantitative estimate of drug-likeness (QED) is 0.328. The van der Waals surface area contributed by atoms with E-state index in [0.717, 1.165) is 66.0 Å². The smallest absolute Gasteiger partial charge is 0.200 e. The molecule has 1 aromatic rings. The van der Waals surface area contributed by atoms with Crippen LogP contribution >= 0.6 is 0 Å². The summed E-state index contributed by atoms with van der Waals surface area (Å²) in [5.74, 6) is 5.05. The molecule has 39 heavy (non-hydrogen) atoms. The van der Waals surface area contributed by atoms with Crippen molar-refractivity contribution in [3.05, 3.63) is 41.5 Å². The summed E-state index contributed by atoms with van der Waals surface area (Å²) in [4.78, 5) is 2.78. The van der Waals surface area contributed by atoms with Gasteiger partial charge in [-0.15, -0.1) is 0 Å². The molecule has 4 aliphatic carbocycles. The van der Waals surface area contributed by atoms with Crippen molar-refractivity contribution in [1.82, 2.24) is 4.83 Å². The standard InChI is InChI=1S/C34H52N2O2S/c1-23(2)8-7-9-25(4)30-16-17-31-29-15-12-26-22-27(18-20-33(26,5)32(29)19-21-34(30,31)6)35-36-39(37,38)28-13-10-24(3)11-14-28/h10-11,13-14,22-23,25,29-32,36H,7-9,12,15-21H2,1-6H3/b35-27-/t25-,29-,30+,31-,32-,33-,34+/m0/s1. The van der Waals surface area contributed by atoms with Crippen molar-refractivity contribution in [2.75, 3.05) is 0 Å². The van der Waals surface area contributed by atoms with Gasteiger partial charge in [0, 0.05) is 0 Å². The fourth-order valence-electron chi connectivity index (χ4n) is 9.57. The minimum absolute atomic E-state index is 0.236. The Morgan fingerprint density at radius 1 is 0.949 bits per heavy atom. The number of nitrogens with zero attached hydrogens (tertiary/aromatic N) is 1. The number of aryl methyl sites for hydroxylation is 1. The highest BCUT2D eigenvalue weighted by Crippen LogP contribution is 2.67. The topological polar surface area (TPSA) is 58.5 Å². The lowest BCUT2D eigenvalue weighted by Gasteiger charge is -2.58. The number of hydrazone groups is 1. The van der Waals surface area contributed by atoms with Gasteiger partial charge in [-0.05, 0) is 123 Å². The summed E-state index contributed by atoms with van der Waals surface area (Å²) in [5, 5.41) is 4.41. The largest absolute Gasteiger partial charge is 0.276 e. The third kappa shape index (κ3) is 5.51. The molecule has 216 valence electrons. The lowest BCUT2D eigenvalue weighted by atomic mass is 9.46. The van der Waals surface area contributed by atoms with Gasteiger partial charge in [-0.3, -0.25) is 0 Å². The van der Waals surface area contributed by atoms with Gasteiger partial charge in [-0.2, -0.15) is 18.4 Å². The van der Waals surface area contributed by atoms with E-state index in [9.17, 15) is 8.42 Å². The summed E-state index contributed by atoms with van der Waals surface area (Å²) in [6, 6.07) is 6.94. The molecule has 0 saturated heterocycles. The minimum atomic E-state index is -3.65. The normalized spacial score (nSPS) is 36.2. The van der Waals surface area contributed by atoms with E-state index < -0.39 is 10.0 Å². The van der Waals surface area contributed by atoms with Crippen LogP contribution in [0.1, 0.15) is 111 Å². The zero-order valence-electron chi connectivity index (χ0n) is 25.3. The molecule has 0 unspecified atom stereocenters. The Bertz CT molecular complexity index is 1200. The monoisotopic (exact) mass is 552 g/mol. The lowest BCUT2D eigenvalue weighted by molar-refractivity contribution is -0.0573. The Morgan fingerprint density at radius 3 is 2.41 bits per heavy atom. The van der Waals surface area contributed by atoms with Crippen LogP contribution in [0.5, 0.6) is 0 Å². The van der Waals surface area contributed by atoms with Gasteiger partial charge in [-0.25, -0.2) is 0 Å². The van der Waals surface area contributed by atoms with Gasteiger partial charge in [0.25, 0.3) is 10.0 Å². The predicted molar refractivity (Wildman–Crippen MR) is 162 cm³/mol. The van der Waals surface area contributed by atoms with E-state index >= 15 is 0 Å². The lowest BCUT2D eigenvalue weighted by Crippen LogP contribution is -2.51. The molecule has 7 atom stereocenters. The van der Waals surface area contributed by atoms with Gasteiger partial charge in [0.15, 0.2) is 0 Å². The first kappa shape index (κ1) is 28.9. The number of rotatable bonds is 8. The van der Waals surface area contributed by atoms with Crippen molar-refractivity contribution in [2.24, 2.45) is 51.4 Å². The molecule has 1 aromatic carbocycles. The molecule has 0 heterocycles. The first-order valence-electron chi connectivity index (χ1n) is 15.8. The molecule has 3 saturated carbocycles.